The molecular weight excluding hydrogens is 462 g/mol. The zero-order valence-corrected chi connectivity index (χ0v) is 22.0. The summed E-state index contributed by atoms with van der Waals surface area (Å²) in [6.07, 6.45) is 9.13. The van der Waals surface area contributed by atoms with Gasteiger partial charge < -0.3 is 19.7 Å². The maximum Gasteiger partial charge on any atom is 0.165 e. The Morgan fingerprint density at radius 2 is 1.92 bits per heavy atom. The number of phenolic OH excluding ortho intramolecular Hbond substituents is 1. The Hall–Kier alpha value is -2.34. The Morgan fingerprint density at radius 3 is 2.65 bits per heavy atom. The van der Waals surface area contributed by atoms with Crippen molar-refractivity contribution < 1.29 is 19.7 Å². The van der Waals surface area contributed by atoms with Gasteiger partial charge in [0, 0.05) is 36.1 Å². The Morgan fingerprint density at radius 1 is 1.14 bits per heavy atom. The number of aryl methyl sites for hydroxylation is 1. The van der Waals surface area contributed by atoms with E-state index in [0.29, 0.717) is 11.8 Å². The van der Waals surface area contributed by atoms with Gasteiger partial charge in [-0.3, -0.25) is 4.90 Å². The molecule has 2 aromatic rings. The molecule has 2 aromatic carbocycles. The van der Waals surface area contributed by atoms with Crippen molar-refractivity contribution in [2.24, 2.45) is 16.7 Å². The first-order chi connectivity index (χ1) is 17.8. The lowest BCUT2D eigenvalue weighted by Crippen LogP contribution is -2.81. The van der Waals surface area contributed by atoms with E-state index < -0.39 is 17.1 Å². The zero-order valence-electron chi connectivity index (χ0n) is 22.0. The van der Waals surface area contributed by atoms with Gasteiger partial charge in [-0.15, -0.1) is 0 Å². The number of hydrogen-bond donors (Lipinski definition) is 2. The molecule has 1 saturated heterocycles. The van der Waals surface area contributed by atoms with Gasteiger partial charge in [0.05, 0.1) is 11.5 Å². The highest BCUT2D eigenvalue weighted by atomic mass is 16.6. The number of piperidine rings is 1. The molecule has 5 nitrogen and oxygen atoms in total. The Labute approximate surface area is 219 Å². The van der Waals surface area contributed by atoms with Crippen molar-refractivity contribution >= 4 is 0 Å². The summed E-state index contributed by atoms with van der Waals surface area (Å²) in [4.78, 5) is 2.77. The summed E-state index contributed by atoms with van der Waals surface area (Å²) in [5.74, 6) is 1.69. The first-order valence-corrected chi connectivity index (χ1v) is 14.1. The highest BCUT2D eigenvalue weighted by Crippen LogP contribution is 2.78. The molecule has 37 heavy (non-hydrogen) atoms. The molecule has 0 amide bonds. The first kappa shape index (κ1) is 22.6. The fourth-order valence-corrected chi connectivity index (χ4v) is 9.65. The number of ether oxygens (including phenoxy) is 2. The maximum absolute atomic E-state index is 12.2. The van der Waals surface area contributed by atoms with E-state index in [0.717, 1.165) is 43.8 Å². The molecule has 2 spiro atoms. The first-order valence-electron chi connectivity index (χ1n) is 14.1. The van der Waals surface area contributed by atoms with Crippen molar-refractivity contribution in [3.05, 3.63) is 70.8 Å². The molecule has 3 fully saturated rings. The topological polar surface area (TPSA) is 62.2 Å². The van der Waals surface area contributed by atoms with Crippen LogP contribution in [-0.2, 0) is 16.6 Å². The molecule has 2 heterocycles. The molecule has 194 valence electrons. The molecule has 5 heteroatoms. The van der Waals surface area contributed by atoms with Gasteiger partial charge >= 0.3 is 0 Å². The average molecular weight is 500 g/mol. The van der Waals surface area contributed by atoms with Crippen LogP contribution < -0.4 is 4.74 Å². The summed E-state index contributed by atoms with van der Waals surface area (Å²) in [6.45, 7) is 6.49. The third-order valence-corrected chi connectivity index (χ3v) is 11.5. The van der Waals surface area contributed by atoms with E-state index in [4.69, 9.17) is 9.47 Å². The number of aliphatic hydroxyl groups is 1. The molecule has 2 saturated carbocycles. The quantitative estimate of drug-likeness (QED) is 0.578. The molecule has 9 rings (SSSR count). The molecule has 2 aliphatic heterocycles. The predicted molar refractivity (Wildman–Crippen MR) is 141 cm³/mol. The number of hydrogen-bond acceptors (Lipinski definition) is 5. The number of rotatable bonds is 5. The van der Waals surface area contributed by atoms with E-state index in [1.165, 1.54) is 29.5 Å². The number of phenols is 1. The average Bonchev–Trinajstić information content (AvgIpc) is 3.64. The number of likely N-dealkylation sites (tertiary alicyclic amines) is 1. The van der Waals surface area contributed by atoms with E-state index in [1.807, 2.05) is 6.07 Å². The fraction of sp³-hybridized carbons (Fsp3) is 0.562. The van der Waals surface area contributed by atoms with Crippen LogP contribution in [0.15, 0.2) is 48.6 Å². The van der Waals surface area contributed by atoms with E-state index in [1.54, 1.807) is 7.11 Å². The van der Waals surface area contributed by atoms with E-state index >= 15 is 0 Å². The highest BCUT2D eigenvalue weighted by Gasteiger charge is 2.82. The van der Waals surface area contributed by atoms with Crippen molar-refractivity contribution in [1.29, 1.82) is 0 Å². The van der Waals surface area contributed by atoms with Crippen LogP contribution in [0.25, 0.3) is 0 Å². The van der Waals surface area contributed by atoms with Crippen molar-refractivity contribution in [2.75, 3.05) is 20.2 Å². The normalized spacial score (nSPS) is 41.4. The SMILES string of the molecule is CO[C@]12C=CC3(CC1(C)[C@@H](O)c1ccc(C)cc1)C1Cc4ccc(O)c5c4[C@@]3(CCN1CC1CC1)[C@@H]2O5. The van der Waals surface area contributed by atoms with Crippen LogP contribution in [0.5, 0.6) is 11.5 Å². The van der Waals surface area contributed by atoms with E-state index in [9.17, 15) is 10.2 Å². The van der Waals surface area contributed by atoms with Gasteiger partial charge in [0.2, 0.25) is 0 Å². The zero-order chi connectivity index (χ0) is 25.4. The lowest BCUT2D eigenvalue weighted by molar-refractivity contribution is -0.270. The fourth-order valence-electron chi connectivity index (χ4n) is 9.65. The third kappa shape index (κ3) is 2.44. The predicted octanol–water partition coefficient (Wildman–Crippen LogP) is 4.82. The third-order valence-electron chi connectivity index (χ3n) is 11.5. The highest BCUT2D eigenvalue weighted by molar-refractivity contribution is 5.65. The van der Waals surface area contributed by atoms with Gasteiger partial charge in [-0.1, -0.05) is 55.0 Å². The van der Waals surface area contributed by atoms with Crippen molar-refractivity contribution in [2.45, 2.75) is 75.2 Å². The van der Waals surface area contributed by atoms with Crippen LogP contribution in [0.1, 0.15) is 61.0 Å². The molecule has 7 aliphatic rings. The summed E-state index contributed by atoms with van der Waals surface area (Å²) in [6, 6.07) is 12.6. The Balaban J connectivity index is 1.37. The van der Waals surface area contributed by atoms with E-state index in [2.05, 4.69) is 61.2 Å². The summed E-state index contributed by atoms with van der Waals surface area (Å²) < 4.78 is 13.5. The van der Waals surface area contributed by atoms with Crippen LogP contribution in [0.2, 0.25) is 0 Å². The van der Waals surface area contributed by atoms with Crippen LogP contribution in [0.4, 0.5) is 0 Å². The van der Waals surface area contributed by atoms with Gasteiger partial charge in [-0.25, -0.2) is 0 Å². The smallest absolute Gasteiger partial charge is 0.165 e. The van der Waals surface area contributed by atoms with Crippen molar-refractivity contribution in [3.63, 3.8) is 0 Å². The minimum atomic E-state index is -0.831. The lowest BCUT2D eigenvalue weighted by Gasteiger charge is -2.74. The maximum atomic E-state index is 12.2. The van der Waals surface area contributed by atoms with Crippen LogP contribution in [0.3, 0.4) is 0 Å². The summed E-state index contributed by atoms with van der Waals surface area (Å²) >= 11 is 0. The van der Waals surface area contributed by atoms with E-state index in [-0.39, 0.29) is 22.7 Å². The molecule has 3 unspecified atom stereocenters. The lowest BCUT2D eigenvalue weighted by atomic mass is 9.33. The monoisotopic (exact) mass is 499 g/mol. The summed E-state index contributed by atoms with van der Waals surface area (Å²) in [5.41, 5.74) is 2.73. The van der Waals surface area contributed by atoms with Gasteiger partial charge in [0.15, 0.2) is 11.5 Å². The summed E-state index contributed by atoms with van der Waals surface area (Å²) in [7, 11) is 1.77. The standard InChI is InChI=1S/C32H37NO4/c1-19-4-8-21(9-5-19)27(35)29(2)18-30-12-13-32(29,36-3)28-31(30)14-15-33(17-20-6-7-20)24(30)16-22-10-11-23(34)26(37-28)25(22)31/h4-5,8-13,20,24,27-28,34-35H,6-7,14-18H2,1-3H3/t24?,27-,28-,29?,30?,31-,32-/m0/s1. The minimum Gasteiger partial charge on any atom is -0.504 e. The number of aromatic hydroxyl groups is 1. The van der Waals surface area contributed by atoms with Crippen LogP contribution in [0, 0.1) is 23.7 Å². The Kier molecular flexibility index (Phi) is 4.28. The number of nitrogens with zero attached hydrogens (tertiary/aromatic N) is 1. The second-order valence-electron chi connectivity index (χ2n) is 13.1. The Bertz CT molecular complexity index is 1330. The minimum absolute atomic E-state index is 0.197. The largest absolute Gasteiger partial charge is 0.504 e. The number of methoxy groups -OCH3 is 1. The molecular formula is C32H37NO4. The van der Waals surface area contributed by atoms with Crippen LogP contribution >= 0.6 is 0 Å². The number of aliphatic hydroxyl groups excluding tert-OH is 1. The van der Waals surface area contributed by atoms with Crippen LogP contribution in [-0.4, -0.2) is 53.1 Å². The van der Waals surface area contributed by atoms with Gasteiger partial charge in [0.1, 0.15) is 11.7 Å². The second kappa shape index (κ2) is 6.99. The molecule has 0 radical (unpaired) electrons. The number of fused-ring (bicyclic) bond motifs is 1. The summed E-state index contributed by atoms with van der Waals surface area (Å²) in [5, 5.41) is 23.2. The van der Waals surface area contributed by atoms with Crippen molar-refractivity contribution in [1.82, 2.24) is 4.90 Å². The second-order valence-corrected chi connectivity index (χ2v) is 13.1. The van der Waals surface area contributed by atoms with Crippen molar-refractivity contribution in [3.8, 4) is 11.5 Å². The van der Waals surface area contributed by atoms with Gasteiger partial charge in [0.25, 0.3) is 0 Å². The molecule has 7 atom stereocenters. The van der Waals surface area contributed by atoms with Gasteiger partial charge in [-0.2, -0.15) is 0 Å². The number of benzene rings is 2. The molecule has 2 N–H and O–H groups in total. The molecule has 5 aliphatic carbocycles. The molecule has 0 aromatic heterocycles. The molecule has 4 bridgehead atoms. The van der Waals surface area contributed by atoms with Gasteiger partial charge in [-0.05, 0) is 68.7 Å².